The lowest BCUT2D eigenvalue weighted by Crippen LogP contribution is -2.47. The van der Waals surface area contributed by atoms with Crippen molar-refractivity contribution in [2.45, 2.75) is 26.7 Å². The topological polar surface area (TPSA) is 80.9 Å². The lowest BCUT2D eigenvalue weighted by Gasteiger charge is -2.13. The number of carbonyl (C=O) groups is 1. The maximum absolute atomic E-state index is 12.0. The van der Waals surface area contributed by atoms with Crippen molar-refractivity contribution in [3.8, 4) is 11.5 Å². The molecule has 8 heteroatoms. The number of hydrogen-bond acceptors (Lipinski definition) is 5. The normalized spacial score (nSPS) is 10.0. The highest BCUT2D eigenvalue weighted by Crippen LogP contribution is 2.28. The molecule has 0 aliphatic rings. The molecule has 3 N–H and O–H groups in total. The van der Waals surface area contributed by atoms with Gasteiger partial charge in [-0.25, -0.2) is 0 Å². The standard InChI is InChI=1S/C17H27N3O4S/c1-4-23-14-8-7-13(11-15(14)24-5-2)12-16(21)19-20-17(25)18-9-6-10-22-3/h7-8,11H,4-6,9-10,12H2,1-3H3,(H,19,21)(H2,18,20,25). The molecule has 0 fully saturated rings. The van der Waals surface area contributed by atoms with Crippen LogP contribution in [0.4, 0.5) is 0 Å². The molecular formula is C17H27N3O4S. The third-order valence-electron chi connectivity index (χ3n) is 3.10. The molecule has 7 nitrogen and oxygen atoms in total. The smallest absolute Gasteiger partial charge is 0.242 e. The maximum Gasteiger partial charge on any atom is 0.242 e. The van der Waals surface area contributed by atoms with Gasteiger partial charge in [0.05, 0.1) is 19.6 Å². The minimum absolute atomic E-state index is 0.200. The Hall–Kier alpha value is -2.06. The van der Waals surface area contributed by atoms with Gasteiger partial charge < -0.3 is 19.5 Å². The first-order valence-electron chi connectivity index (χ1n) is 8.30. The van der Waals surface area contributed by atoms with Crippen molar-refractivity contribution < 1.29 is 19.0 Å². The first-order chi connectivity index (χ1) is 12.1. The van der Waals surface area contributed by atoms with Crippen LogP contribution in [-0.2, 0) is 16.0 Å². The average molecular weight is 369 g/mol. The molecule has 140 valence electrons. The lowest BCUT2D eigenvalue weighted by atomic mass is 10.1. The average Bonchev–Trinajstić information content (AvgIpc) is 2.59. The first-order valence-corrected chi connectivity index (χ1v) is 8.71. The summed E-state index contributed by atoms with van der Waals surface area (Å²) in [5.74, 6) is 1.11. The van der Waals surface area contributed by atoms with Crippen LogP contribution in [0.1, 0.15) is 25.8 Å². The van der Waals surface area contributed by atoms with Crippen molar-refractivity contribution in [3.63, 3.8) is 0 Å². The summed E-state index contributed by atoms with van der Waals surface area (Å²) in [6, 6.07) is 5.47. The molecule has 0 unspecified atom stereocenters. The van der Waals surface area contributed by atoms with Gasteiger partial charge in [-0.15, -0.1) is 0 Å². The molecule has 1 aromatic carbocycles. The second-order valence-corrected chi connectivity index (χ2v) is 5.51. The van der Waals surface area contributed by atoms with Crippen molar-refractivity contribution in [2.24, 2.45) is 0 Å². The molecule has 0 bridgehead atoms. The van der Waals surface area contributed by atoms with E-state index in [1.165, 1.54) is 0 Å². The summed E-state index contributed by atoms with van der Waals surface area (Å²) in [6.07, 6.45) is 1.03. The van der Waals surface area contributed by atoms with Crippen LogP contribution in [-0.4, -0.2) is 44.5 Å². The number of rotatable bonds is 10. The molecule has 0 radical (unpaired) electrons. The fourth-order valence-electron chi connectivity index (χ4n) is 2.02. The Labute approximate surface area is 154 Å². The van der Waals surface area contributed by atoms with E-state index >= 15 is 0 Å². The Morgan fingerprint density at radius 3 is 2.52 bits per heavy atom. The Morgan fingerprint density at radius 1 is 1.12 bits per heavy atom. The zero-order valence-electron chi connectivity index (χ0n) is 15.0. The second-order valence-electron chi connectivity index (χ2n) is 5.10. The van der Waals surface area contributed by atoms with Crippen LogP contribution >= 0.6 is 12.2 Å². The van der Waals surface area contributed by atoms with E-state index in [1.54, 1.807) is 7.11 Å². The summed E-state index contributed by atoms with van der Waals surface area (Å²) in [7, 11) is 1.65. The van der Waals surface area contributed by atoms with Gasteiger partial charge in [0.25, 0.3) is 0 Å². The van der Waals surface area contributed by atoms with E-state index in [0.717, 1.165) is 12.0 Å². The molecular weight excluding hydrogens is 342 g/mol. The van der Waals surface area contributed by atoms with Crippen LogP contribution in [0, 0.1) is 0 Å². The van der Waals surface area contributed by atoms with Crippen molar-refractivity contribution in [2.75, 3.05) is 33.5 Å². The van der Waals surface area contributed by atoms with Crippen LogP contribution in [0.15, 0.2) is 18.2 Å². The van der Waals surface area contributed by atoms with Crippen LogP contribution in [0.25, 0.3) is 0 Å². The van der Waals surface area contributed by atoms with Gasteiger partial charge in [0, 0.05) is 20.3 Å². The number of nitrogens with one attached hydrogen (secondary N) is 3. The minimum atomic E-state index is -0.201. The van der Waals surface area contributed by atoms with E-state index in [4.69, 9.17) is 26.4 Å². The van der Waals surface area contributed by atoms with Crippen LogP contribution in [0.3, 0.4) is 0 Å². The summed E-state index contributed by atoms with van der Waals surface area (Å²) >= 11 is 5.07. The van der Waals surface area contributed by atoms with Crippen LogP contribution in [0.2, 0.25) is 0 Å². The summed E-state index contributed by atoms with van der Waals surface area (Å²) in [6.45, 7) is 6.22. The summed E-state index contributed by atoms with van der Waals surface area (Å²) in [5.41, 5.74) is 6.07. The third kappa shape index (κ3) is 8.55. The van der Waals surface area contributed by atoms with E-state index in [-0.39, 0.29) is 12.3 Å². The van der Waals surface area contributed by atoms with Gasteiger partial charge in [0.2, 0.25) is 5.91 Å². The molecule has 0 saturated carbocycles. The molecule has 25 heavy (non-hydrogen) atoms. The lowest BCUT2D eigenvalue weighted by molar-refractivity contribution is -0.121. The molecule has 0 saturated heterocycles. The van der Waals surface area contributed by atoms with E-state index in [9.17, 15) is 4.79 Å². The predicted octanol–water partition coefficient (Wildman–Crippen LogP) is 1.56. The third-order valence-corrected chi connectivity index (χ3v) is 3.35. The highest BCUT2D eigenvalue weighted by molar-refractivity contribution is 7.80. The van der Waals surface area contributed by atoms with Gasteiger partial charge in [-0.05, 0) is 50.2 Å². The number of amides is 1. The van der Waals surface area contributed by atoms with Crippen molar-refractivity contribution in [1.82, 2.24) is 16.2 Å². The summed E-state index contributed by atoms with van der Waals surface area (Å²) in [5, 5.41) is 3.34. The Kier molecular flexibility index (Phi) is 10.3. The van der Waals surface area contributed by atoms with Gasteiger partial charge in [0.1, 0.15) is 0 Å². The molecule has 0 aliphatic heterocycles. The van der Waals surface area contributed by atoms with Crippen molar-refractivity contribution in [1.29, 1.82) is 0 Å². The number of ether oxygens (including phenoxy) is 3. The monoisotopic (exact) mass is 369 g/mol. The zero-order valence-corrected chi connectivity index (χ0v) is 15.8. The van der Waals surface area contributed by atoms with E-state index < -0.39 is 0 Å². The number of thiocarbonyl (C=S) groups is 1. The minimum Gasteiger partial charge on any atom is -0.490 e. The molecule has 0 heterocycles. The Morgan fingerprint density at radius 2 is 1.84 bits per heavy atom. The van der Waals surface area contributed by atoms with Crippen molar-refractivity contribution >= 4 is 23.2 Å². The number of hydrazine groups is 1. The van der Waals surface area contributed by atoms with Gasteiger partial charge in [-0.3, -0.25) is 15.6 Å². The van der Waals surface area contributed by atoms with Gasteiger partial charge in [0.15, 0.2) is 16.6 Å². The van der Waals surface area contributed by atoms with E-state index in [1.807, 2.05) is 32.0 Å². The number of carbonyl (C=O) groups excluding carboxylic acids is 1. The molecule has 0 atom stereocenters. The fourth-order valence-corrected chi connectivity index (χ4v) is 2.18. The highest BCUT2D eigenvalue weighted by Gasteiger charge is 2.09. The summed E-state index contributed by atoms with van der Waals surface area (Å²) < 4.78 is 16.0. The van der Waals surface area contributed by atoms with Crippen LogP contribution < -0.4 is 25.6 Å². The molecule has 1 aromatic rings. The molecule has 1 amide bonds. The summed E-state index contributed by atoms with van der Waals surface area (Å²) in [4.78, 5) is 12.0. The van der Waals surface area contributed by atoms with Crippen molar-refractivity contribution in [3.05, 3.63) is 23.8 Å². The van der Waals surface area contributed by atoms with Gasteiger partial charge >= 0.3 is 0 Å². The molecule has 0 spiro atoms. The number of benzene rings is 1. The number of hydrogen-bond donors (Lipinski definition) is 3. The Bertz CT molecular complexity index is 555. The highest BCUT2D eigenvalue weighted by atomic mass is 32.1. The van der Waals surface area contributed by atoms with E-state index in [0.29, 0.717) is 43.0 Å². The zero-order chi connectivity index (χ0) is 18.5. The second kappa shape index (κ2) is 12.3. The first kappa shape index (κ1) is 21.0. The molecule has 0 aliphatic carbocycles. The fraction of sp³-hybridized carbons (Fsp3) is 0.529. The number of methoxy groups -OCH3 is 1. The predicted molar refractivity (Wildman–Crippen MR) is 101 cm³/mol. The SMILES string of the molecule is CCOc1ccc(CC(=O)NNC(=S)NCCCOC)cc1OCC. The Balaban J connectivity index is 2.45. The van der Waals surface area contributed by atoms with Crippen LogP contribution in [0.5, 0.6) is 11.5 Å². The largest absolute Gasteiger partial charge is 0.490 e. The van der Waals surface area contributed by atoms with Gasteiger partial charge in [-0.1, -0.05) is 6.07 Å². The van der Waals surface area contributed by atoms with E-state index in [2.05, 4.69) is 16.2 Å². The molecule has 1 rings (SSSR count). The van der Waals surface area contributed by atoms with Gasteiger partial charge in [-0.2, -0.15) is 0 Å². The maximum atomic E-state index is 12.0. The quantitative estimate of drug-likeness (QED) is 0.328. The molecule has 0 aromatic heterocycles.